The molecule has 1 saturated heterocycles. The third kappa shape index (κ3) is 2.98. The first kappa shape index (κ1) is 19.6. The Bertz CT molecular complexity index is 745. The van der Waals surface area contributed by atoms with Crippen molar-refractivity contribution >= 4 is 21.3 Å². The van der Waals surface area contributed by atoms with E-state index in [0.29, 0.717) is 0 Å². The van der Waals surface area contributed by atoms with Gasteiger partial charge in [0.2, 0.25) is 0 Å². The van der Waals surface area contributed by atoms with Crippen molar-refractivity contribution in [1.82, 2.24) is 0 Å². The predicted octanol–water partition coefficient (Wildman–Crippen LogP) is 0.244. The Balaban J connectivity index is 0.000000911. The molecule has 0 N–H and O–H groups in total. The van der Waals surface area contributed by atoms with Gasteiger partial charge in [0.15, 0.2) is 0 Å². The van der Waals surface area contributed by atoms with Crippen LogP contribution in [0.3, 0.4) is 0 Å². The van der Waals surface area contributed by atoms with Gasteiger partial charge in [0.1, 0.15) is 0 Å². The van der Waals surface area contributed by atoms with Gasteiger partial charge in [-0.15, -0.1) is 0 Å². The zero-order valence-corrected chi connectivity index (χ0v) is 17.8. The maximum Gasteiger partial charge on any atom is -1.00 e. The Kier molecular flexibility index (Phi) is 5.87. The minimum Gasteiger partial charge on any atom is -1.00 e. The Hall–Kier alpha value is -0.126. The van der Waals surface area contributed by atoms with Crippen molar-refractivity contribution in [3.8, 4) is 0 Å². The molecule has 0 amide bonds. The fourth-order valence-corrected chi connectivity index (χ4v) is 18.3. The molecular formula is C20H22F2P2Ti. The summed E-state index contributed by atoms with van der Waals surface area (Å²) in [5, 5.41) is 1.87. The van der Waals surface area contributed by atoms with Crippen LogP contribution < -0.4 is 9.41 Å². The normalized spacial score (nSPS) is 39.1. The van der Waals surface area contributed by atoms with Crippen molar-refractivity contribution in [1.29, 1.82) is 0 Å². The maximum atomic E-state index is 2.64. The number of rotatable bonds is 0. The standard InChI is InChI=1S/C20H22P2.2FH.Ti/c1-21(19-11-15-7-3-4-8-16(15)12-19)22(2)20-13-17-9-5-6-10-18(17)14-20;;;/h3-13,17-18,20H,14H2,1-2H3;2*1H;/q;;;+2/p-2. The molecule has 1 heterocycles. The number of hydrogen-bond acceptors (Lipinski definition) is 0. The van der Waals surface area contributed by atoms with Gasteiger partial charge in [-0.2, -0.15) is 0 Å². The van der Waals surface area contributed by atoms with Gasteiger partial charge in [-0.25, -0.2) is 0 Å². The number of fused-ring (bicyclic) bond motifs is 6. The van der Waals surface area contributed by atoms with E-state index >= 15 is 0 Å². The number of benzene rings is 1. The first-order chi connectivity index (χ1) is 11.2. The Labute approximate surface area is 160 Å². The monoisotopic (exact) mass is 410 g/mol. The van der Waals surface area contributed by atoms with Crippen molar-refractivity contribution < 1.29 is 28.6 Å². The summed E-state index contributed by atoms with van der Waals surface area (Å²) in [6.45, 7) is 5.25. The molecule has 3 aliphatic carbocycles. The molecule has 0 nitrogen and oxygen atoms in total. The smallest absolute Gasteiger partial charge is 1.00 e. The molecule has 4 aliphatic rings. The van der Waals surface area contributed by atoms with E-state index in [1.54, 1.807) is 11.1 Å². The van der Waals surface area contributed by atoms with E-state index in [9.17, 15) is 0 Å². The summed E-state index contributed by atoms with van der Waals surface area (Å²) >= 11 is 0.0250. The van der Waals surface area contributed by atoms with Gasteiger partial charge >= 0.3 is 151 Å². The van der Waals surface area contributed by atoms with Crippen molar-refractivity contribution in [3.63, 3.8) is 0 Å². The maximum absolute atomic E-state index is 2.64. The van der Waals surface area contributed by atoms with Gasteiger partial charge in [-0.05, 0) is 0 Å². The van der Waals surface area contributed by atoms with Crippen molar-refractivity contribution in [2.75, 3.05) is 13.3 Å². The molecule has 5 heteroatoms. The van der Waals surface area contributed by atoms with Crippen LogP contribution in [0.25, 0.3) is 6.08 Å². The average molecular weight is 410 g/mol. The fourth-order valence-electron chi connectivity index (χ4n) is 4.94. The van der Waals surface area contributed by atoms with E-state index in [0.717, 1.165) is 25.9 Å². The average Bonchev–Trinajstić information content (AvgIpc) is 3.11. The molecule has 5 rings (SSSR count). The first-order valence-electron chi connectivity index (χ1n) is 8.62. The van der Waals surface area contributed by atoms with E-state index in [1.807, 2.05) is 5.31 Å². The topological polar surface area (TPSA) is 0 Å². The van der Waals surface area contributed by atoms with Crippen molar-refractivity contribution in [2.45, 2.75) is 20.5 Å². The molecule has 1 aromatic carbocycles. The second-order valence-electron chi connectivity index (χ2n) is 7.23. The fraction of sp³-hybridized carbons (Fsp3) is 0.400. The molecule has 1 saturated carbocycles. The van der Waals surface area contributed by atoms with Gasteiger partial charge < -0.3 is 9.41 Å². The van der Waals surface area contributed by atoms with E-state index in [1.165, 1.54) is 6.42 Å². The van der Waals surface area contributed by atoms with Gasteiger partial charge in [-0.1, -0.05) is 0 Å². The second kappa shape index (κ2) is 7.48. The van der Waals surface area contributed by atoms with Crippen LogP contribution in [-0.4, -0.2) is 19.0 Å². The van der Waals surface area contributed by atoms with E-state index in [4.69, 9.17) is 0 Å². The second-order valence-corrected chi connectivity index (χ2v) is 16.8. The molecule has 1 aliphatic heterocycles. The molecule has 0 bridgehead atoms. The minimum atomic E-state index is 0. The summed E-state index contributed by atoms with van der Waals surface area (Å²) in [6, 6.07) is 9.26. The van der Waals surface area contributed by atoms with Gasteiger partial charge in [0.25, 0.3) is 0 Å². The molecule has 130 valence electrons. The third-order valence-corrected chi connectivity index (χ3v) is 18.4. The number of halogens is 2. The molecule has 2 fully saturated rings. The van der Waals surface area contributed by atoms with Gasteiger partial charge in [0, 0.05) is 0 Å². The summed E-state index contributed by atoms with van der Waals surface area (Å²) in [4.78, 5) is 0. The molecule has 25 heavy (non-hydrogen) atoms. The van der Waals surface area contributed by atoms with Crippen molar-refractivity contribution in [3.05, 3.63) is 65.0 Å². The Morgan fingerprint density at radius 2 is 1.80 bits per heavy atom. The van der Waals surface area contributed by atoms with Crippen LogP contribution in [0.15, 0.2) is 53.9 Å². The Morgan fingerprint density at radius 1 is 1.04 bits per heavy atom. The summed E-state index contributed by atoms with van der Waals surface area (Å²) in [7, 11) is 0.252. The van der Waals surface area contributed by atoms with Crippen LogP contribution in [0.2, 0.25) is 4.22 Å². The van der Waals surface area contributed by atoms with E-state index in [2.05, 4.69) is 68.0 Å². The quantitative estimate of drug-likeness (QED) is 0.425. The molecule has 0 spiro atoms. The van der Waals surface area contributed by atoms with Crippen LogP contribution in [-0.2, 0) is 19.2 Å². The number of hydrogen-bond donors (Lipinski definition) is 0. The first-order valence-corrected chi connectivity index (χ1v) is 14.8. The third-order valence-electron chi connectivity index (χ3n) is 6.23. The molecule has 0 aromatic heterocycles. The van der Waals surface area contributed by atoms with Crippen LogP contribution in [0, 0.1) is 11.8 Å². The molecule has 1 aromatic rings. The van der Waals surface area contributed by atoms with Crippen LogP contribution in [0.4, 0.5) is 0 Å². The molecule has 7 atom stereocenters. The zero-order chi connectivity index (χ0) is 15.6. The number of allylic oxidation sites excluding steroid dienone is 5. The minimum absolute atomic E-state index is 0. The van der Waals surface area contributed by atoms with Crippen LogP contribution >= 0.6 is 15.2 Å². The van der Waals surface area contributed by atoms with Gasteiger partial charge in [-0.3, -0.25) is 0 Å². The summed E-state index contributed by atoms with van der Waals surface area (Å²) < 4.78 is 1.88. The molecule has 0 radical (unpaired) electrons. The van der Waals surface area contributed by atoms with Gasteiger partial charge in [0.05, 0.1) is 0 Å². The van der Waals surface area contributed by atoms with Crippen LogP contribution in [0.1, 0.15) is 21.8 Å². The van der Waals surface area contributed by atoms with E-state index in [-0.39, 0.29) is 43.8 Å². The Morgan fingerprint density at radius 3 is 2.64 bits per heavy atom. The SMILES string of the molecule is CP1C2=Cc3ccccc3[CH]2[Ti+2][CH]2C3C=CC=CC3CC2P1C.[F-].[F-]. The largest absolute Gasteiger partial charge is 1.00 e. The van der Waals surface area contributed by atoms with Crippen LogP contribution in [0.5, 0.6) is 0 Å². The van der Waals surface area contributed by atoms with E-state index < -0.39 is 0 Å². The zero-order valence-electron chi connectivity index (χ0n) is 14.4. The summed E-state index contributed by atoms with van der Waals surface area (Å²) in [5.41, 5.74) is 4.27. The summed E-state index contributed by atoms with van der Waals surface area (Å²) in [6.07, 6.45) is 13.8. The van der Waals surface area contributed by atoms with Crippen molar-refractivity contribution in [2.24, 2.45) is 11.8 Å². The molecular weight excluding hydrogens is 388 g/mol. The molecule has 7 unspecified atom stereocenters. The summed E-state index contributed by atoms with van der Waals surface area (Å²) in [5.74, 6) is 1.72. The predicted molar refractivity (Wildman–Crippen MR) is 100 cm³/mol.